The molecule has 0 aliphatic rings. The summed E-state index contributed by atoms with van der Waals surface area (Å²) in [7, 11) is -42.5. The van der Waals surface area contributed by atoms with Crippen molar-refractivity contribution in [3.63, 3.8) is 0 Å². The average Bonchev–Trinajstić information content (AvgIpc) is 3.23. The van der Waals surface area contributed by atoms with Crippen LogP contribution in [0, 0.1) is 0 Å². The number of halogens is 12. The van der Waals surface area contributed by atoms with Gasteiger partial charge < -0.3 is 97.2 Å². The van der Waals surface area contributed by atoms with Crippen LogP contribution in [-0.4, -0.2) is 81.9 Å². The van der Waals surface area contributed by atoms with Crippen molar-refractivity contribution >= 4 is 200 Å². The summed E-state index contributed by atoms with van der Waals surface area (Å²) in [6, 6.07) is 8.03. The van der Waals surface area contributed by atoms with Gasteiger partial charge >= 0.3 is 149 Å². The number of benzene rings is 4. The fourth-order valence-electron chi connectivity index (χ4n) is 3.77. The molecule has 0 aliphatic heterocycles. The zero-order chi connectivity index (χ0) is 60.0. The largest absolute Gasteiger partial charge is 1.00 e. The van der Waals surface area contributed by atoms with Crippen LogP contribution in [0.5, 0.6) is 23.0 Å². The van der Waals surface area contributed by atoms with Crippen LogP contribution in [0.3, 0.4) is 0 Å². The van der Waals surface area contributed by atoms with Crippen LogP contribution in [0.2, 0.25) is 60.3 Å². The molecule has 12 N–H and O–H groups in total. The molecule has 432 valence electrons. The zero-order valence-corrected chi connectivity index (χ0v) is 63.2. The topological polar surface area (TPSA) is 508 Å². The van der Waals surface area contributed by atoms with Crippen LogP contribution in [0.15, 0.2) is 48.5 Å². The molecule has 0 aromatic heterocycles. The minimum absolute atomic E-state index is 0. The van der Waals surface area contributed by atoms with Crippen LogP contribution in [0.25, 0.3) is 0 Å². The summed E-state index contributed by atoms with van der Waals surface area (Å²) < 4.78 is 106. The molecule has 8 atom stereocenters. The molecule has 0 fully saturated rings. The van der Waals surface area contributed by atoms with E-state index < -0.39 is 106 Å². The van der Waals surface area contributed by atoms with Gasteiger partial charge in [-0.1, -0.05) is 139 Å². The Balaban J connectivity index is -0.000000473. The molecular formula is C28H24Cl12Na4O28P8. The van der Waals surface area contributed by atoms with E-state index in [-0.39, 0.29) is 179 Å². The Hall–Kier alpha value is 4.76. The maximum absolute atomic E-state index is 11.4. The molecule has 4 rings (SSSR count). The molecule has 80 heavy (non-hydrogen) atoms. The average molecular weight is 1570 g/mol. The quantitative estimate of drug-likeness (QED) is 0.0290. The number of aliphatic hydroxyl groups excluding tert-OH is 4. The molecule has 4 aromatic carbocycles. The van der Waals surface area contributed by atoms with Crippen LogP contribution < -0.4 is 156 Å². The van der Waals surface area contributed by atoms with Gasteiger partial charge in [-0.15, -0.1) is 0 Å². The van der Waals surface area contributed by atoms with E-state index in [1.165, 1.54) is 0 Å². The van der Waals surface area contributed by atoms with Crippen molar-refractivity contribution in [3.05, 3.63) is 109 Å². The fraction of sp³-hybridized carbons (Fsp3) is 0.143. The van der Waals surface area contributed by atoms with Gasteiger partial charge in [0.15, 0.2) is 0 Å². The maximum Gasteiger partial charge on any atom is 1.00 e. The summed E-state index contributed by atoms with van der Waals surface area (Å²) in [5, 5.41) is 34.8. The first-order valence-electron chi connectivity index (χ1n) is 17.3. The van der Waals surface area contributed by atoms with Crippen LogP contribution in [0.1, 0.15) is 0 Å². The predicted molar refractivity (Wildman–Crippen MR) is 271 cm³/mol. The van der Waals surface area contributed by atoms with Gasteiger partial charge in [-0.3, -0.25) is 36.5 Å². The molecule has 0 bridgehead atoms. The number of hydrogen-bond donors (Lipinski definition) is 12. The third-order valence-corrected chi connectivity index (χ3v) is 24.7. The van der Waals surface area contributed by atoms with Gasteiger partial charge in [-0.05, 0) is 24.3 Å². The van der Waals surface area contributed by atoms with Gasteiger partial charge in [0.2, 0.25) is 52.7 Å². The van der Waals surface area contributed by atoms with Crippen molar-refractivity contribution < 1.29 is 252 Å². The molecule has 0 heterocycles. The third-order valence-electron chi connectivity index (χ3n) is 7.14. The second-order valence-electron chi connectivity index (χ2n) is 13.1. The molecule has 4 aromatic rings. The Bertz CT molecular complexity index is 2780. The van der Waals surface area contributed by atoms with Gasteiger partial charge in [0.1, 0.15) is 23.0 Å². The molecule has 0 amide bonds. The SMILES string of the molecule is O=P(O)(O)C(O)P(=O)([O-])Oc1cc(Cl)c(Cl)cc1Cl.O=P(O)(O)C(O)P(=O)([O-])Oc1cc(Cl)c(Cl)cc1Cl.O=P(O)(O)C(O)P(=O)([O-])Oc1cc(Cl)c(Cl)cc1Cl.O=P(O)(O)C(O)P(=O)([O-])Oc1cc(Cl)c(Cl)cc1Cl.[Na+].[Na+].[Na+].[Na+]. The van der Waals surface area contributed by atoms with Gasteiger partial charge in [0.25, 0.3) is 0 Å². The Morgan fingerprint density at radius 1 is 0.275 bits per heavy atom. The van der Waals surface area contributed by atoms with Gasteiger partial charge in [0, 0.05) is 24.3 Å². The first-order chi connectivity index (χ1) is 33.8. The fourth-order valence-corrected chi connectivity index (χ4v) is 14.8. The predicted octanol–water partition coefficient (Wildman–Crippen LogP) is -3.85. The first kappa shape index (κ1) is 91.2. The minimum Gasteiger partial charge on any atom is -0.767 e. The van der Waals surface area contributed by atoms with Gasteiger partial charge in [-0.25, -0.2) is 0 Å². The molecular weight excluding hydrogens is 1550 g/mol. The second-order valence-corrected chi connectivity index (χ2v) is 33.2. The van der Waals surface area contributed by atoms with E-state index in [9.17, 15) is 56.1 Å². The Labute approximate surface area is 597 Å². The summed E-state index contributed by atoms with van der Waals surface area (Å²) in [6.45, 7) is 0. The summed E-state index contributed by atoms with van der Waals surface area (Å²) in [4.78, 5) is 114. The molecule has 0 saturated heterocycles. The third kappa shape index (κ3) is 29.6. The molecule has 52 heteroatoms. The normalized spacial score (nSPS) is 15.9. The van der Waals surface area contributed by atoms with E-state index in [2.05, 4.69) is 18.1 Å². The summed E-state index contributed by atoms with van der Waals surface area (Å²) in [5.74, 6) is -2.05. The summed E-state index contributed by atoms with van der Waals surface area (Å²) in [5.41, 5.74) is -12.0. The number of aliphatic hydroxyl groups is 4. The van der Waals surface area contributed by atoms with Gasteiger partial charge in [0.05, 0.1) is 60.3 Å². The van der Waals surface area contributed by atoms with Crippen molar-refractivity contribution in [1.29, 1.82) is 0 Å². The Kier molecular flexibility index (Phi) is 42.0. The van der Waals surface area contributed by atoms with E-state index in [4.69, 9.17) is 199 Å². The van der Waals surface area contributed by atoms with Crippen LogP contribution >= 0.6 is 200 Å². The molecule has 28 nitrogen and oxygen atoms in total. The maximum atomic E-state index is 11.4. The summed E-state index contributed by atoms with van der Waals surface area (Å²) in [6.07, 6.45) is 0. The number of hydrogen-bond acceptors (Lipinski definition) is 20. The molecule has 0 radical (unpaired) electrons. The van der Waals surface area contributed by atoms with Crippen molar-refractivity contribution in [1.82, 2.24) is 0 Å². The van der Waals surface area contributed by atoms with Crippen molar-refractivity contribution in [2.24, 2.45) is 0 Å². The molecule has 0 spiro atoms. The van der Waals surface area contributed by atoms with Crippen LogP contribution in [-0.2, 0) is 36.5 Å². The monoisotopic (exact) mass is 1570 g/mol. The van der Waals surface area contributed by atoms with Crippen molar-refractivity contribution in [2.75, 3.05) is 0 Å². The number of rotatable bonds is 16. The standard InChI is InChI=1S/4C7H7Cl3O7P2.4Na/c4*8-3-1-5(10)6(2-4(3)9)17-19(15,16)7(11)18(12,13)14;;;;/h4*1-2,7,11H,(H,15,16)(H2,12,13,14);;;;/q;;;;4*+1/p-4. The summed E-state index contributed by atoms with van der Waals surface area (Å²) >= 11 is 67.3. The van der Waals surface area contributed by atoms with Crippen molar-refractivity contribution in [2.45, 2.75) is 22.3 Å². The first-order valence-corrected chi connectivity index (χ1v) is 35.0. The van der Waals surface area contributed by atoms with Crippen LogP contribution in [0.4, 0.5) is 0 Å². The van der Waals surface area contributed by atoms with Crippen molar-refractivity contribution in [3.8, 4) is 23.0 Å². The van der Waals surface area contributed by atoms with E-state index in [1.807, 2.05) is 0 Å². The minimum atomic E-state index is -5.33. The molecule has 0 saturated carbocycles. The second kappa shape index (κ2) is 36.9. The Morgan fingerprint density at radius 3 is 0.500 bits per heavy atom. The molecule has 8 unspecified atom stereocenters. The van der Waals surface area contributed by atoms with E-state index in [1.54, 1.807) is 0 Å². The van der Waals surface area contributed by atoms with E-state index >= 15 is 0 Å². The smallest absolute Gasteiger partial charge is 0.767 e. The van der Waals surface area contributed by atoms with Gasteiger partial charge in [-0.2, -0.15) is 0 Å². The zero-order valence-electron chi connectivity index (χ0n) is 38.9. The van der Waals surface area contributed by atoms with E-state index in [0.717, 1.165) is 48.5 Å². The molecule has 0 aliphatic carbocycles. The van der Waals surface area contributed by atoms with E-state index in [0.29, 0.717) is 0 Å². The Morgan fingerprint density at radius 2 is 0.388 bits per heavy atom.